The zero-order valence-corrected chi connectivity index (χ0v) is 12.2. The summed E-state index contributed by atoms with van der Waals surface area (Å²) in [6.45, 7) is 1.57. The highest BCUT2D eigenvalue weighted by Gasteiger charge is 2.27. The van der Waals surface area contributed by atoms with E-state index in [2.05, 4.69) is 26.6 Å². The molecule has 0 spiro atoms. The van der Waals surface area contributed by atoms with Crippen LogP contribution in [0.5, 0.6) is 0 Å². The van der Waals surface area contributed by atoms with Gasteiger partial charge in [-0.05, 0) is 35.7 Å². The molecule has 1 fully saturated rings. The van der Waals surface area contributed by atoms with Gasteiger partial charge in [0.15, 0.2) is 0 Å². The molecule has 2 rings (SSSR count). The monoisotopic (exact) mass is 345 g/mol. The Labute approximate surface area is 123 Å². The van der Waals surface area contributed by atoms with E-state index in [4.69, 9.17) is 0 Å². The van der Waals surface area contributed by atoms with Crippen LogP contribution in [-0.4, -0.2) is 22.9 Å². The van der Waals surface area contributed by atoms with Crippen LogP contribution in [0.4, 0.5) is 15.8 Å². The molecule has 8 heteroatoms. The summed E-state index contributed by atoms with van der Waals surface area (Å²) in [5.41, 5.74) is -0.307. The molecule has 1 aromatic rings. The molecule has 1 atom stereocenters. The molecule has 1 aliphatic rings. The number of carbonyl (C=O) groups excluding carboxylic acids is 1. The second kappa shape index (κ2) is 5.74. The van der Waals surface area contributed by atoms with Crippen molar-refractivity contribution in [2.45, 2.75) is 31.8 Å². The van der Waals surface area contributed by atoms with Crippen molar-refractivity contribution in [2.75, 3.05) is 5.32 Å². The number of nitro benzene ring substituents is 1. The lowest BCUT2D eigenvalue weighted by Crippen LogP contribution is -2.38. The predicted octanol–water partition coefficient (Wildman–Crippen LogP) is 2.58. The van der Waals surface area contributed by atoms with Gasteiger partial charge in [0.25, 0.3) is 5.69 Å². The molecule has 1 saturated carbocycles. The van der Waals surface area contributed by atoms with Gasteiger partial charge in [-0.15, -0.1) is 0 Å². The summed E-state index contributed by atoms with van der Waals surface area (Å²) < 4.78 is 13.5. The maximum absolute atomic E-state index is 13.5. The van der Waals surface area contributed by atoms with E-state index in [9.17, 15) is 19.3 Å². The summed E-state index contributed by atoms with van der Waals surface area (Å²) in [5, 5.41) is 16.4. The van der Waals surface area contributed by atoms with Crippen molar-refractivity contribution in [2.24, 2.45) is 0 Å². The molecule has 108 valence electrons. The lowest BCUT2D eigenvalue weighted by molar-refractivity contribution is -0.384. The molecule has 0 aliphatic heterocycles. The number of halogens is 2. The summed E-state index contributed by atoms with van der Waals surface area (Å²) in [6, 6.07) is 1.59. The number of hydrogen-bond acceptors (Lipinski definition) is 4. The molecule has 0 saturated heterocycles. The first-order valence-electron chi connectivity index (χ1n) is 6.09. The molecular weight excluding hydrogens is 333 g/mol. The molecule has 0 radical (unpaired) electrons. The van der Waals surface area contributed by atoms with E-state index in [-0.39, 0.29) is 27.8 Å². The number of hydrogen-bond donors (Lipinski definition) is 2. The molecule has 6 nitrogen and oxygen atoms in total. The van der Waals surface area contributed by atoms with E-state index in [0.29, 0.717) is 0 Å². The van der Waals surface area contributed by atoms with Crippen molar-refractivity contribution in [1.29, 1.82) is 0 Å². The summed E-state index contributed by atoms with van der Waals surface area (Å²) in [6.07, 6.45) is 1.90. The number of rotatable bonds is 5. The number of benzene rings is 1. The fraction of sp³-hybridized carbons (Fsp3) is 0.417. The molecule has 20 heavy (non-hydrogen) atoms. The Morgan fingerprint density at radius 3 is 2.75 bits per heavy atom. The Hall–Kier alpha value is -1.70. The average Bonchev–Trinajstić information content (AvgIpc) is 3.16. The maximum atomic E-state index is 13.5. The third-order valence-corrected chi connectivity index (χ3v) is 3.53. The van der Waals surface area contributed by atoms with E-state index in [1.807, 2.05) is 0 Å². The van der Waals surface area contributed by atoms with Gasteiger partial charge >= 0.3 is 0 Å². The molecule has 0 bridgehead atoms. The van der Waals surface area contributed by atoms with Crippen LogP contribution in [0.15, 0.2) is 16.6 Å². The minimum absolute atomic E-state index is 0.00448. The fourth-order valence-electron chi connectivity index (χ4n) is 1.66. The van der Waals surface area contributed by atoms with Gasteiger partial charge in [-0.25, -0.2) is 4.39 Å². The lowest BCUT2D eigenvalue weighted by Gasteiger charge is -2.15. The Bertz CT molecular complexity index is 563. The maximum Gasteiger partial charge on any atom is 0.293 e. The van der Waals surface area contributed by atoms with Gasteiger partial charge in [-0.3, -0.25) is 14.9 Å². The normalized spacial score (nSPS) is 15.6. The van der Waals surface area contributed by atoms with Crippen molar-refractivity contribution >= 4 is 33.2 Å². The van der Waals surface area contributed by atoms with Gasteiger partial charge in [0.1, 0.15) is 17.5 Å². The smallest absolute Gasteiger partial charge is 0.293 e. The molecule has 2 N–H and O–H groups in total. The highest BCUT2D eigenvalue weighted by atomic mass is 79.9. The van der Waals surface area contributed by atoms with Gasteiger partial charge < -0.3 is 10.6 Å². The highest BCUT2D eigenvalue weighted by molar-refractivity contribution is 9.10. The number of anilines is 1. The van der Waals surface area contributed by atoms with Crippen LogP contribution in [-0.2, 0) is 4.79 Å². The number of nitrogens with one attached hydrogen (secondary N) is 2. The van der Waals surface area contributed by atoms with Crippen molar-refractivity contribution in [3.63, 3.8) is 0 Å². The van der Waals surface area contributed by atoms with Crippen LogP contribution in [0.1, 0.15) is 19.8 Å². The number of amides is 1. The van der Waals surface area contributed by atoms with E-state index in [1.54, 1.807) is 6.92 Å². The summed E-state index contributed by atoms with van der Waals surface area (Å²) >= 11 is 2.90. The van der Waals surface area contributed by atoms with Crippen molar-refractivity contribution in [3.05, 3.63) is 32.5 Å². The molecular formula is C12H13BrFN3O3. The Balaban J connectivity index is 2.16. The van der Waals surface area contributed by atoms with E-state index in [0.717, 1.165) is 25.0 Å². The topological polar surface area (TPSA) is 84.3 Å². The van der Waals surface area contributed by atoms with Gasteiger partial charge in [0.05, 0.1) is 9.40 Å². The average molecular weight is 346 g/mol. The molecule has 1 aliphatic carbocycles. The first kappa shape index (κ1) is 14.7. The molecule has 1 unspecified atom stereocenters. The Morgan fingerprint density at radius 1 is 1.55 bits per heavy atom. The SMILES string of the molecule is CC(Nc1cc(F)c(Br)cc1[N+](=O)[O-])C(=O)NC1CC1. The van der Waals surface area contributed by atoms with Crippen molar-refractivity contribution < 1.29 is 14.1 Å². The van der Waals surface area contributed by atoms with Crippen LogP contribution in [0.3, 0.4) is 0 Å². The van der Waals surface area contributed by atoms with E-state index < -0.39 is 16.8 Å². The standard InChI is InChI=1S/C12H13BrFN3O3/c1-6(12(18)16-7-2-3-7)15-10-5-9(14)8(13)4-11(10)17(19)20/h4-7,15H,2-3H2,1H3,(H,16,18). The van der Waals surface area contributed by atoms with Crippen LogP contribution in [0, 0.1) is 15.9 Å². The third-order valence-electron chi connectivity index (χ3n) is 2.92. The fourth-order valence-corrected chi connectivity index (χ4v) is 1.99. The highest BCUT2D eigenvalue weighted by Crippen LogP contribution is 2.31. The lowest BCUT2D eigenvalue weighted by atomic mass is 10.2. The van der Waals surface area contributed by atoms with E-state index >= 15 is 0 Å². The summed E-state index contributed by atoms with van der Waals surface area (Å²) in [5.74, 6) is -0.891. The van der Waals surface area contributed by atoms with Gasteiger partial charge in [-0.1, -0.05) is 0 Å². The second-order valence-electron chi connectivity index (χ2n) is 4.69. The number of nitro groups is 1. The van der Waals surface area contributed by atoms with Crippen LogP contribution in [0.2, 0.25) is 0 Å². The Morgan fingerprint density at radius 2 is 2.20 bits per heavy atom. The summed E-state index contributed by atoms with van der Waals surface area (Å²) in [4.78, 5) is 22.1. The number of nitrogens with zero attached hydrogens (tertiary/aromatic N) is 1. The quantitative estimate of drug-likeness (QED) is 0.634. The Kier molecular flexibility index (Phi) is 4.22. The zero-order chi connectivity index (χ0) is 14.9. The molecule has 0 aromatic heterocycles. The second-order valence-corrected chi connectivity index (χ2v) is 5.54. The molecule has 0 heterocycles. The first-order valence-corrected chi connectivity index (χ1v) is 6.88. The molecule has 1 amide bonds. The molecule has 1 aromatic carbocycles. The van der Waals surface area contributed by atoms with Gasteiger partial charge in [0, 0.05) is 18.2 Å². The minimum atomic E-state index is -0.685. The van der Waals surface area contributed by atoms with Gasteiger partial charge in [0.2, 0.25) is 5.91 Å². The van der Waals surface area contributed by atoms with Crippen LogP contribution < -0.4 is 10.6 Å². The third kappa shape index (κ3) is 3.44. The van der Waals surface area contributed by atoms with Crippen LogP contribution in [0.25, 0.3) is 0 Å². The van der Waals surface area contributed by atoms with E-state index in [1.165, 1.54) is 0 Å². The van der Waals surface area contributed by atoms with Crippen LogP contribution >= 0.6 is 15.9 Å². The number of carbonyl (C=O) groups is 1. The van der Waals surface area contributed by atoms with Crippen molar-refractivity contribution in [1.82, 2.24) is 5.32 Å². The summed E-state index contributed by atoms with van der Waals surface area (Å²) in [7, 11) is 0. The zero-order valence-electron chi connectivity index (χ0n) is 10.7. The minimum Gasteiger partial charge on any atom is -0.368 e. The predicted molar refractivity (Wildman–Crippen MR) is 75.0 cm³/mol. The van der Waals surface area contributed by atoms with Crippen molar-refractivity contribution in [3.8, 4) is 0 Å². The van der Waals surface area contributed by atoms with Gasteiger partial charge in [-0.2, -0.15) is 0 Å². The first-order chi connectivity index (χ1) is 9.38. The largest absolute Gasteiger partial charge is 0.368 e.